The van der Waals surface area contributed by atoms with Crippen molar-refractivity contribution in [2.24, 2.45) is 5.92 Å². The second kappa shape index (κ2) is 5.78. The van der Waals surface area contributed by atoms with E-state index < -0.39 is 11.7 Å². The molecule has 112 valence electrons. The molecule has 2 rings (SSSR count). The van der Waals surface area contributed by atoms with Crippen molar-refractivity contribution in [1.82, 2.24) is 21.0 Å². The summed E-state index contributed by atoms with van der Waals surface area (Å²) in [4.78, 5) is 15.9. The summed E-state index contributed by atoms with van der Waals surface area (Å²) in [5, 5.41) is 3.91. The van der Waals surface area contributed by atoms with Gasteiger partial charge in [0.1, 0.15) is 5.60 Å². The van der Waals surface area contributed by atoms with E-state index in [0.717, 1.165) is 6.42 Å². The zero-order valence-electron chi connectivity index (χ0n) is 12.4. The highest BCUT2D eigenvalue weighted by atomic mass is 16.6. The molecule has 20 heavy (non-hydrogen) atoms. The van der Waals surface area contributed by atoms with Crippen LogP contribution in [0.4, 0.5) is 4.79 Å². The molecule has 2 N–H and O–H groups in total. The molecular weight excluding hydrogens is 260 g/mol. The summed E-state index contributed by atoms with van der Waals surface area (Å²) in [5.41, 5.74) is 4.95. The molecule has 1 aromatic heterocycles. The Kier molecular flexibility index (Phi) is 4.27. The Labute approximate surface area is 118 Å². The number of hydrogen-bond donors (Lipinski definition) is 2. The quantitative estimate of drug-likeness (QED) is 0.805. The summed E-state index contributed by atoms with van der Waals surface area (Å²) >= 11 is 0. The average molecular weight is 282 g/mol. The summed E-state index contributed by atoms with van der Waals surface area (Å²) in [7, 11) is 0. The van der Waals surface area contributed by atoms with Gasteiger partial charge in [-0.2, -0.15) is 4.98 Å². The van der Waals surface area contributed by atoms with Crippen LogP contribution in [-0.4, -0.2) is 21.8 Å². The Morgan fingerprint density at radius 3 is 2.70 bits per heavy atom. The summed E-state index contributed by atoms with van der Waals surface area (Å²) in [6, 6.07) is -0.160. The Bertz CT molecular complexity index is 462. The molecule has 1 saturated carbocycles. The minimum absolute atomic E-state index is 0.160. The summed E-state index contributed by atoms with van der Waals surface area (Å²) in [6.07, 6.45) is 2.77. The molecule has 0 bridgehead atoms. The third kappa shape index (κ3) is 4.80. The minimum atomic E-state index is -0.527. The lowest BCUT2D eigenvalue weighted by Crippen LogP contribution is -2.43. The van der Waals surface area contributed by atoms with Gasteiger partial charge >= 0.3 is 6.09 Å². The second-order valence-electron chi connectivity index (χ2n) is 6.17. The maximum absolute atomic E-state index is 11.6. The smallest absolute Gasteiger partial charge is 0.422 e. The number of carbonyl (C=O) groups excluding carboxylic acids is 1. The van der Waals surface area contributed by atoms with Gasteiger partial charge in [-0.15, -0.1) is 0 Å². The number of hydrogen-bond acceptors (Lipinski definition) is 6. The van der Waals surface area contributed by atoms with Gasteiger partial charge in [0.2, 0.25) is 5.89 Å². The van der Waals surface area contributed by atoms with Crippen molar-refractivity contribution in [2.75, 3.05) is 0 Å². The highest BCUT2D eigenvalue weighted by Gasteiger charge is 2.29. The van der Waals surface area contributed by atoms with Gasteiger partial charge in [0.25, 0.3) is 0 Å². The van der Waals surface area contributed by atoms with E-state index in [0.29, 0.717) is 17.6 Å². The van der Waals surface area contributed by atoms with Crippen LogP contribution >= 0.6 is 0 Å². The molecule has 0 spiro atoms. The summed E-state index contributed by atoms with van der Waals surface area (Å²) < 4.78 is 10.2. The van der Waals surface area contributed by atoms with E-state index in [1.807, 2.05) is 20.8 Å². The van der Waals surface area contributed by atoms with E-state index in [2.05, 4.69) is 21.0 Å². The van der Waals surface area contributed by atoms with E-state index in [1.165, 1.54) is 12.8 Å². The molecule has 0 aliphatic heterocycles. The Morgan fingerprint density at radius 2 is 2.20 bits per heavy atom. The number of amides is 1. The molecule has 0 aromatic carbocycles. The Morgan fingerprint density at radius 1 is 1.50 bits per heavy atom. The lowest BCUT2D eigenvalue weighted by molar-refractivity contribution is 0.0484. The van der Waals surface area contributed by atoms with Gasteiger partial charge in [-0.05, 0) is 33.1 Å². The molecule has 1 fully saturated rings. The van der Waals surface area contributed by atoms with Crippen molar-refractivity contribution in [3.63, 3.8) is 0 Å². The van der Waals surface area contributed by atoms with Crippen LogP contribution in [0.25, 0.3) is 0 Å². The lowest BCUT2D eigenvalue weighted by atomic mass is 10.1. The SMILES string of the molecule is Cc1nc([C@H](CC2CC2)NNC(=O)OC(C)(C)C)no1. The van der Waals surface area contributed by atoms with Gasteiger partial charge in [-0.1, -0.05) is 18.0 Å². The van der Waals surface area contributed by atoms with E-state index in [-0.39, 0.29) is 6.04 Å². The van der Waals surface area contributed by atoms with E-state index >= 15 is 0 Å². The van der Waals surface area contributed by atoms with Crippen molar-refractivity contribution in [3.8, 4) is 0 Å². The van der Waals surface area contributed by atoms with Crippen LogP contribution in [0.2, 0.25) is 0 Å². The number of hydrazine groups is 1. The van der Waals surface area contributed by atoms with E-state index in [9.17, 15) is 4.79 Å². The molecule has 1 aliphatic carbocycles. The van der Waals surface area contributed by atoms with Gasteiger partial charge in [0.05, 0.1) is 6.04 Å². The molecule has 0 unspecified atom stereocenters. The first kappa shape index (κ1) is 14.8. The standard InChI is InChI=1S/C13H22N4O3/c1-8-14-11(17-20-8)10(7-9-5-6-9)15-16-12(18)19-13(2,3)4/h9-10,15H,5-7H2,1-4H3,(H,16,18)/t10-/m0/s1. The van der Waals surface area contributed by atoms with Crippen LogP contribution in [0.3, 0.4) is 0 Å². The molecule has 0 radical (unpaired) electrons. The van der Waals surface area contributed by atoms with Crippen molar-refractivity contribution in [1.29, 1.82) is 0 Å². The number of nitrogens with zero attached hydrogens (tertiary/aromatic N) is 2. The molecule has 7 heteroatoms. The Hall–Kier alpha value is -1.63. The third-order valence-electron chi connectivity index (χ3n) is 2.87. The summed E-state index contributed by atoms with van der Waals surface area (Å²) in [6.45, 7) is 7.19. The van der Waals surface area contributed by atoms with Crippen molar-refractivity contribution in [2.45, 2.75) is 58.6 Å². The molecule has 1 amide bonds. The molecule has 1 aromatic rings. The predicted molar refractivity (Wildman–Crippen MR) is 71.6 cm³/mol. The number of nitrogens with one attached hydrogen (secondary N) is 2. The van der Waals surface area contributed by atoms with Crippen molar-refractivity contribution >= 4 is 6.09 Å². The van der Waals surface area contributed by atoms with Crippen LogP contribution in [0, 0.1) is 12.8 Å². The topological polar surface area (TPSA) is 89.3 Å². The van der Waals surface area contributed by atoms with Crippen molar-refractivity contribution < 1.29 is 14.1 Å². The van der Waals surface area contributed by atoms with Crippen molar-refractivity contribution in [3.05, 3.63) is 11.7 Å². The van der Waals surface area contributed by atoms with Crippen LogP contribution in [0.1, 0.15) is 57.8 Å². The van der Waals surface area contributed by atoms with E-state index in [1.54, 1.807) is 6.92 Å². The molecule has 0 saturated heterocycles. The third-order valence-corrected chi connectivity index (χ3v) is 2.87. The molecule has 7 nitrogen and oxygen atoms in total. The summed E-state index contributed by atoms with van der Waals surface area (Å²) in [5.74, 6) is 1.73. The van der Waals surface area contributed by atoms with Crippen LogP contribution in [0.15, 0.2) is 4.52 Å². The maximum Gasteiger partial charge on any atom is 0.422 e. The zero-order valence-corrected chi connectivity index (χ0v) is 12.4. The largest absolute Gasteiger partial charge is 0.443 e. The average Bonchev–Trinajstić information content (AvgIpc) is 3.03. The van der Waals surface area contributed by atoms with Gasteiger partial charge in [-0.3, -0.25) is 5.43 Å². The first-order valence-corrected chi connectivity index (χ1v) is 6.88. The molecule has 1 aliphatic rings. The second-order valence-corrected chi connectivity index (χ2v) is 6.17. The van der Waals surface area contributed by atoms with E-state index in [4.69, 9.17) is 9.26 Å². The normalized spacial score (nSPS) is 16.8. The maximum atomic E-state index is 11.6. The van der Waals surface area contributed by atoms with Gasteiger partial charge in [-0.25, -0.2) is 10.2 Å². The fourth-order valence-corrected chi connectivity index (χ4v) is 1.82. The van der Waals surface area contributed by atoms with Gasteiger partial charge in [0, 0.05) is 6.92 Å². The number of aryl methyl sites for hydroxylation is 1. The molecule has 1 heterocycles. The first-order valence-electron chi connectivity index (χ1n) is 6.88. The zero-order chi connectivity index (χ0) is 14.8. The number of aromatic nitrogens is 2. The van der Waals surface area contributed by atoms with Crippen LogP contribution < -0.4 is 10.9 Å². The highest BCUT2D eigenvalue weighted by molar-refractivity contribution is 5.67. The van der Waals surface area contributed by atoms with Crippen LogP contribution in [-0.2, 0) is 4.74 Å². The Balaban J connectivity index is 1.89. The van der Waals surface area contributed by atoms with Gasteiger partial charge < -0.3 is 9.26 Å². The van der Waals surface area contributed by atoms with Crippen LogP contribution in [0.5, 0.6) is 0 Å². The highest BCUT2D eigenvalue weighted by Crippen LogP contribution is 2.36. The molecular formula is C13H22N4O3. The predicted octanol–water partition coefficient (Wildman–Crippen LogP) is 2.25. The lowest BCUT2D eigenvalue weighted by Gasteiger charge is -2.21. The first-order chi connectivity index (χ1) is 9.33. The fourth-order valence-electron chi connectivity index (χ4n) is 1.82. The number of rotatable bonds is 5. The number of ether oxygens (including phenoxy) is 1. The fraction of sp³-hybridized carbons (Fsp3) is 0.769. The minimum Gasteiger partial charge on any atom is -0.443 e. The number of carbonyl (C=O) groups is 1. The van der Waals surface area contributed by atoms with Gasteiger partial charge in [0.15, 0.2) is 5.82 Å². The monoisotopic (exact) mass is 282 g/mol. The molecule has 1 atom stereocenters.